The number of ether oxygens (including phenoxy) is 1. The topological polar surface area (TPSA) is 72.2 Å². The minimum absolute atomic E-state index is 0.243. The standard InChI is InChI=1S/C15H21N7O/c1-20(2)15-16-5-11(6-17-15)8-21-4-3-14-13(9-21)22-12(10-23-14)7-18-19-22/h5-7,13-14H,3-4,8-10H2,1-2H3/t13-,14-/m0/s1. The summed E-state index contributed by atoms with van der Waals surface area (Å²) >= 11 is 0. The molecule has 8 heteroatoms. The molecule has 0 unspecified atom stereocenters. The monoisotopic (exact) mass is 315 g/mol. The van der Waals surface area contributed by atoms with Gasteiger partial charge in [-0.15, -0.1) is 5.10 Å². The lowest BCUT2D eigenvalue weighted by atomic mass is 10.00. The first kappa shape index (κ1) is 14.5. The van der Waals surface area contributed by atoms with E-state index in [1.54, 1.807) is 6.20 Å². The fraction of sp³-hybridized carbons (Fsp3) is 0.600. The molecule has 0 aliphatic carbocycles. The Hall–Kier alpha value is -2.06. The maximum atomic E-state index is 5.95. The third kappa shape index (κ3) is 2.79. The normalized spacial score (nSPS) is 24.1. The van der Waals surface area contributed by atoms with Crippen LogP contribution in [0.25, 0.3) is 0 Å². The van der Waals surface area contributed by atoms with E-state index in [-0.39, 0.29) is 12.1 Å². The van der Waals surface area contributed by atoms with E-state index in [0.717, 1.165) is 43.3 Å². The highest BCUT2D eigenvalue weighted by molar-refractivity contribution is 5.26. The predicted octanol–water partition coefficient (Wildman–Crippen LogP) is 0.480. The van der Waals surface area contributed by atoms with Gasteiger partial charge in [0.15, 0.2) is 0 Å². The molecule has 23 heavy (non-hydrogen) atoms. The van der Waals surface area contributed by atoms with Gasteiger partial charge in [0.05, 0.1) is 30.6 Å². The van der Waals surface area contributed by atoms with Crippen molar-refractivity contribution in [1.82, 2.24) is 29.9 Å². The van der Waals surface area contributed by atoms with Crippen LogP contribution in [0.15, 0.2) is 18.6 Å². The first-order valence-corrected chi connectivity index (χ1v) is 7.92. The summed E-state index contributed by atoms with van der Waals surface area (Å²) in [4.78, 5) is 13.1. The average Bonchev–Trinajstić information content (AvgIpc) is 3.04. The summed E-state index contributed by atoms with van der Waals surface area (Å²) in [5.74, 6) is 0.736. The van der Waals surface area contributed by atoms with Gasteiger partial charge in [-0.2, -0.15) is 0 Å². The van der Waals surface area contributed by atoms with Crippen LogP contribution < -0.4 is 4.90 Å². The summed E-state index contributed by atoms with van der Waals surface area (Å²) in [6.07, 6.45) is 6.87. The van der Waals surface area contributed by atoms with Crippen molar-refractivity contribution in [2.75, 3.05) is 32.1 Å². The van der Waals surface area contributed by atoms with Gasteiger partial charge in [-0.25, -0.2) is 14.6 Å². The molecule has 1 saturated heterocycles. The smallest absolute Gasteiger partial charge is 0.224 e. The zero-order chi connectivity index (χ0) is 15.8. The van der Waals surface area contributed by atoms with Crippen LogP contribution in [0.2, 0.25) is 0 Å². The van der Waals surface area contributed by atoms with Crippen molar-refractivity contribution in [2.24, 2.45) is 0 Å². The van der Waals surface area contributed by atoms with Gasteiger partial charge in [0.2, 0.25) is 5.95 Å². The molecule has 8 nitrogen and oxygen atoms in total. The Bertz CT molecular complexity index is 669. The Balaban J connectivity index is 1.45. The molecule has 0 aromatic carbocycles. The summed E-state index contributed by atoms with van der Waals surface area (Å²) in [6.45, 7) is 3.39. The number of likely N-dealkylation sites (tertiary alicyclic amines) is 1. The van der Waals surface area contributed by atoms with Gasteiger partial charge in [0, 0.05) is 51.7 Å². The largest absolute Gasteiger partial charge is 0.370 e. The second-order valence-electron chi connectivity index (χ2n) is 6.40. The lowest BCUT2D eigenvalue weighted by molar-refractivity contribution is -0.0670. The summed E-state index contributed by atoms with van der Waals surface area (Å²) in [7, 11) is 3.89. The molecular formula is C15H21N7O. The minimum atomic E-state index is 0.243. The van der Waals surface area contributed by atoms with Crippen LogP contribution in [-0.4, -0.2) is 63.2 Å². The van der Waals surface area contributed by atoms with E-state index in [4.69, 9.17) is 4.74 Å². The Labute approximate surface area is 135 Å². The van der Waals surface area contributed by atoms with Crippen LogP contribution in [0.5, 0.6) is 0 Å². The first-order valence-electron chi connectivity index (χ1n) is 7.92. The second kappa shape index (κ2) is 5.86. The molecule has 4 rings (SSSR count). The highest BCUT2D eigenvalue weighted by atomic mass is 16.5. The molecule has 4 heterocycles. The highest BCUT2D eigenvalue weighted by Gasteiger charge is 2.36. The molecule has 0 bridgehead atoms. The first-order chi connectivity index (χ1) is 11.2. The third-order valence-corrected chi connectivity index (χ3v) is 4.51. The van der Waals surface area contributed by atoms with Crippen molar-refractivity contribution in [3.8, 4) is 0 Å². The van der Waals surface area contributed by atoms with E-state index < -0.39 is 0 Å². The molecule has 2 aliphatic rings. The van der Waals surface area contributed by atoms with Gasteiger partial charge < -0.3 is 9.64 Å². The van der Waals surface area contributed by atoms with E-state index in [1.807, 2.05) is 36.1 Å². The maximum absolute atomic E-state index is 5.95. The summed E-state index contributed by atoms with van der Waals surface area (Å²) < 4.78 is 7.98. The zero-order valence-electron chi connectivity index (χ0n) is 13.5. The lowest BCUT2D eigenvalue weighted by Crippen LogP contribution is -2.47. The van der Waals surface area contributed by atoms with Crippen molar-refractivity contribution in [3.63, 3.8) is 0 Å². The molecule has 0 amide bonds. The van der Waals surface area contributed by atoms with Gasteiger partial charge in [-0.05, 0) is 6.42 Å². The maximum Gasteiger partial charge on any atom is 0.224 e. The van der Waals surface area contributed by atoms with E-state index >= 15 is 0 Å². The third-order valence-electron chi connectivity index (χ3n) is 4.51. The predicted molar refractivity (Wildman–Crippen MR) is 83.9 cm³/mol. The van der Waals surface area contributed by atoms with Crippen molar-refractivity contribution in [1.29, 1.82) is 0 Å². The van der Waals surface area contributed by atoms with Crippen LogP contribution >= 0.6 is 0 Å². The molecule has 0 radical (unpaired) electrons. The summed E-state index contributed by atoms with van der Waals surface area (Å²) in [5.41, 5.74) is 2.19. The number of hydrogen-bond donors (Lipinski definition) is 0. The summed E-state index contributed by atoms with van der Waals surface area (Å²) in [6, 6.07) is 0.247. The van der Waals surface area contributed by atoms with Crippen molar-refractivity contribution in [2.45, 2.75) is 31.7 Å². The summed E-state index contributed by atoms with van der Waals surface area (Å²) in [5, 5.41) is 8.26. The Morgan fingerprint density at radius 2 is 2.09 bits per heavy atom. The average molecular weight is 315 g/mol. The number of nitrogens with zero attached hydrogens (tertiary/aromatic N) is 7. The SMILES string of the molecule is CN(C)c1ncc(CN2CC[C@@H]3OCc4cnnn4[C@H]3C2)cn1. The molecule has 0 spiro atoms. The van der Waals surface area contributed by atoms with E-state index in [9.17, 15) is 0 Å². The van der Waals surface area contributed by atoms with Crippen molar-refractivity contribution >= 4 is 5.95 Å². The fourth-order valence-corrected chi connectivity index (χ4v) is 3.31. The fourth-order valence-electron chi connectivity index (χ4n) is 3.31. The zero-order valence-corrected chi connectivity index (χ0v) is 13.5. The molecule has 2 aromatic heterocycles. The van der Waals surface area contributed by atoms with Gasteiger partial charge in [-0.1, -0.05) is 5.21 Å². The van der Waals surface area contributed by atoms with Gasteiger partial charge >= 0.3 is 0 Å². The molecule has 0 N–H and O–H groups in total. The van der Waals surface area contributed by atoms with Gasteiger partial charge in [-0.3, -0.25) is 4.90 Å². The lowest BCUT2D eigenvalue weighted by Gasteiger charge is -2.41. The van der Waals surface area contributed by atoms with Crippen LogP contribution in [-0.2, 0) is 17.9 Å². The molecule has 0 saturated carbocycles. The molecule has 2 aromatic rings. The highest BCUT2D eigenvalue weighted by Crippen LogP contribution is 2.30. The number of anilines is 1. The Morgan fingerprint density at radius 1 is 1.26 bits per heavy atom. The molecular weight excluding hydrogens is 294 g/mol. The number of aromatic nitrogens is 5. The second-order valence-corrected chi connectivity index (χ2v) is 6.40. The molecule has 2 atom stereocenters. The van der Waals surface area contributed by atoms with E-state index in [2.05, 4.69) is 25.2 Å². The van der Waals surface area contributed by atoms with Crippen LogP contribution in [0.3, 0.4) is 0 Å². The van der Waals surface area contributed by atoms with Gasteiger partial charge in [0.25, 0.3) is 0 Å². The molecule has 122 valence electrons. The van der Waals surface area contributed by atoms with Crippen LogP contribution in [0.4, 0.5) is 5.95 Å². The number of piperidine rings is 1. The van der Waals surface area contributed by atoms with E-state index in [0.29, 0.717) is 6.61 Å². The van der Waals surface area contributed by atoms with Crippen LogP contribution in [0, 0.1) is 0 Å². The molecule has 2 aliphatic heterocycles. The Kier molecular flexibility index (Phi) is 3.70. The minimum Gasteiger partial charge on any atom is -0.370 e. The van der Waals surface area contributed by atoms with Crippen LogP contribution in [0.1, 0.15) is 23.7 Å². The van der Waals surface area contributed by atoms with Crippen molar-refractivity contribution < 1.29 is 4.74 Å². The van der Waals surface area contributed by atoms with Gasteiger partial charge in [0.1, 0.15) is 0 Å². The van der Waals surface area contributed by atoms with Crippen molar-refractivity contribution in [3.05, 3.63) is 29.8 Å². The van der Waals surface area contributed by atoms with E-state index in [1.165, 1.54) is 0 Å². The molecule has 1 fully saturated rings. The Morgan fingerprint density at radius 3 is 2.87 bits per heavy atom. The number of rotatable bonds is 3. The quantitative estimate of drug-likeness (QED) is 0.815. The number of hydrogen-bond acceptors (Lipinski definition) is 7. The number of fused-ring (bicyclic) bond motifs is 3.